The lowest BCUT2D eigenvalue weighted by atomic mass is 9.86. The number of halogens is 14. The Morgan fingerprint density at radius 2 is 0.740 bits per heavy atom. The van der Waals surface area contributed by atoms with Gasteiger partial charge in [-0.25, -0.2) is 0 Å². The van der Waals surface area contributed by atoms with Crippen molar-refractivity contribution in [2.75, 3.05) is 11.8 Å². The summed E-state index contributed by atoms with van der Waals surface area (Å²) in [6.07, 6.45) is 0. The number of benzene rings is 4. The van der Waals surface area contributed by atoms with Crippen molar-refractivity contribution in [1.29, 1.82) is 0 Å². The van der Waals surface area contributed by atoms with Crippen LogP contribution in [0.5, 0.6) is 0 Å². The van der Waals surface area contributed by atoms with Crippen molar-refractivity contribution < 1.29 is 52.7 Å². The topological polar surface area (TPSA) is 0 Å². The summed E-state index contributed by atoms with van der Waals surface area (Å²) in [5.74, 6) is -40.8. The largest absolute Gasteiger partial charge is 0.385 e. The molecule has 274 valence electrons. The molecular formula is C36H32Cl2F12. The molecule has 0 bridgehead atoms. The Balaban J connectivity index is 0.00000135. The fraction of sp³-hybridized carbons (Fsp3) is 0.333. The highest BCUT2D eigenvalue weighted by atomic mass is 35.5. The van der Waals surface area contributed by atoms with E-state index in [1.165, 1.54) is 18.2 Å². The van der Waals surface area contributed by atoms with Crippen LogP contribution < -0.4 is 0 Å². The van der Waals surface area contributed by atoms with E-state index in [1.54, 1.807) is 30.3 Å². The van der Waals surface area contributed by atoms with Crippen LogP contribution in [-0.4, -0.2) is 35.5 Å². The molecule has 0 radical (unpaired) electrons. The summed E-state index contributed by atoms with van der Waals surface area (Å²) in [6.45, 7) is 6.69. The molecule has 0 nitrogen and oxygen atoms in total. The molecule has 0 aliphatic heterocycles. The number of hydrogen-bond donors (Lipinski definition) is 0. The highest BCUT2D eigenvalue weighted by Crippen LogP contribution is 2.63. The third-order valence-electron chi connectivity index (χ3n) is 7.16. The quantitative estimate of drug-likeness (QED) is 0.118. The molecule has 0 fully saturated rings. The molecule has 0 saturated heterocycles. The lowest BCUT2D eigenvalue weighted by Gasteiger charge is -2.41. The average molecular weight is 764 g/mol. The molecule has 0 unspecified atom stereocenters. The first-order valence-electron chi connectivity index (χ1n) is 14.8. The molecule has 0 N–H and O–H groups in total. The second-order valence-corrected chi connectivity index (χ2v) is 11.9. The van der Waals surface area contributed by atoms with Crippen LogP contribution in [0.2, 0.25) is 0 Å². The fourth-order valence-corrected chi connectivity index (χ4v) is 4.51. The number of alkyl halides is 14. The van der Waals surface area contributed by atoms with E-state index in [1.807, 2.05) is 20.8 Å². The van der Waals surface area contributed by atoms with Crippen molar-refractivity contribution in [3.8, 4) is 22.3 Å². The zero-order valence-electron chi connectivity index (χ0n) is 26.9. The van der Waals surface area contributed by atoms with E-state index in [4.69, 9.17) is 23.2 Å². The summed E-state index contributed by atoms with van der Waals surface area (Å²) in [5, 5.41) is 0. The van der Waals surface area contributed by atoms with Crippen molar-refractivity contribution in [1.82, 2.24) is 0 Å². The second-order valence-electron chi connectivity index (χ2n) is 10.9. The van der Waals surface area contributed by atoms with Crippen molar-refractivity contribution in [2.45, 2.75) is 63.2 Å². The highest BCUT2D eigenvalue weighted by molar-refractivity contribution is 6.17. The fourth-order valence-electron chi connectivity index (χ4n) is 4.51. The van der Waals surface area contributed by atoms with E-state index < -0.39 is 46.7 Å². The minimum absolute atomic E-state index is 0.130. The first kappa shape index (κ1) is 42.8. The van der Waals surface area contributed by atoms with E-state index in [9.17, 15) is 43.9 Å². The molecule has 0 aliphatic carbocycles. The Labute approximate surface area is 292 Å². The Morgan fingerprint density at radius 1 is 0.400 bits per heavy atom. The van der Waals surface area contributed by atoms with Crippen molar-refractivity contribution in [2.24, 2.45) is 0 Å². The second kappa shape index (κ2) is 16.3. The molecule has 0 atom stereocenters. The molecular weight excluding hydrogens is 731 g/mol. The van der Waals surface area contributed by atoms with Crippen LogP contribution in [0.4, 0.5) is 52.7 Å². The number of aryl methyl sites for hydroxylation is 2. The summed E-state index contributed by atoms with van der Waals surface area (Å²) in [5.41, 5.74) is -1.99. The standard InChI is InChI=1S/C32H22F12.2C2H5Cl/c1-19-12-14-21(15-13-19)22-7-4-8-23(17-22)24-9-5-11-26(18-24)28(35,36)30(39,40)32(43,44)31(41,42)29(37,38)27(33,34)25-10-3-6-20(2)16-25;2*1-2-3/h3-18H,1-2H3;2*2H2,1H3. The Bertz CT molecular complexity index is 1680. The smallest absolute Gasteiger partial charge is 0.194 e. The number of rotatable bonds is 9. The Hall–Kier alpha value is -3.38. The van der Waals surface area contributed by atoms with E-state index in [0.717, 1.165) is 42.4 Å². The van der Waals surface area contributed by atoms with Gasteiger partial charge < -0.3 is 0 Å². The molecule has 50 heavy (non-hydrogen) atoms. The molecule has 0 heterocycles. The van der Waals surface area contributed by atoms with Gasteiger partial charge in [-0.1, -0.05) is 104 Å². The van der Waals surface area contributed by atoms with E-state index in [0.29, 0.717) is 23.3 Å². The molecule has 0 amide bonds. The first-order chi connectivity index (χ1) is 23.0. The van der Waals surface area contributed by atoms with Gasteiger partial charge >= 0.3 is 35.5 Å². The van der Waals surface area contributed by atoms with Gasteiger partial charge in [0, 0.05) is 22.9 Å². The number of hydrogen-bond acceptors (Lipinski definition) is 0. The van der Waals surface area contributed by atoms with E-state index >= 15 is 8.78 Å². The van der Waals surface area contributed by atoms with Crippen LogP contribution >= 0.6 is 23.2 Å². The monoisotopic (exact) mass is 762 g/mol. The first-order valence-corrected chi connectivity index (χ1v) is 15.8. The van der Waals surface area contributed by atoms with Gasteiger partial charge in [-0.15, -0.1) is 23.2 Å². The van der Waals surface area contributed by atoms with Crippen molar-refractivity contribution >= 4 is 23.2 Å². The lowest BCUT2D eigenvalue weighted by molar-refractivity contribution is -0.429. The van der Waals surface area contributed by atoms with Crippen LogP contribution in [0.3, 0.4) is 0 Å². The zero-order chi connectivity index (χ0) is 38.3. The molecule has 4 rings (SSSR count). The summed E-state index contributed by atoms with van der Waals surface area (Å²) in [4.78, 5) is 0. The van der Waals surface area contributed by atoms with Crippen LogP contribution in [-0.2, 0) is 11.8 Å². The maximum Gasteiger partial charge on any atom is 0.385 e. The average Bonchev–Trinajstić information content (AvgIpc) is 3.05. The normalized spacial score (nSPS) is 12.8. The molecule has 4 aromatic rings. The summed E-state index contributed by atoms with van der Waals surface area (Å²) in [7, 11) is 0. The molecule has 4 aromatic carbocycles. The van der Waals surface area contributed by atoms with Crippen molar-refractivity contribution in [3.63, 3.8) is 0 Å². The third kappa shape index (κ3) is 8.22. The molecule has 0 saturated carbocycles. The maximum absolute atomic E-state index is 15.1. The SMILES string of the molecule is CCCl.CCCl.Cc1ccc(-c2cccc(-c3cccc(C(F)(F)C(F)(F)C(F)(F)C(F)(F)C(F)(F)C(F)(F)c4cccc(C)c4)c3)c2)cc1. The minimum Gasteiger partial charge on any atom is -0.194 e. The third-order valence-corrected chi connectivity index (χ3v) is 7.16. The van der Waals surface area contributed by atoms with Gasteiger partial charge in [-0.05, 0) is 54.3 Å². The molecule has 0 aromatic heterocycles. The Morgan fingerprint density at radius 3 is 1.16 bits per heavy atom. The summed E-state index contributed by atoms with van der Waals surface area (Å²) >= 11 is 10.00. The Kier molecular flexibility index (Phi) is 14.0. The van der Waals surface area contributed by atoms with Gasteiger partial charge in [-0.3, -0.25) is 0 Å². The van der Waals surface area contributed by atoms with E-state index in [2.05, 4.69) is 0 Å². The van der Waals surface area contributed by atoms with Crippen molar-refractivity contribution in [3.05, 3.63) is 119 Å². The zero-order valence-corrected chi connectivity index (χ0v) is 28.5. The lowest BCUT2D eigenvalue weighted by Crippen LogP contribution is -2.69. The predicted molar refractivity (Wildman–Crippen MR) is 174 cm³/mol. The van der Waals surface area contributed by atoms with Gasteiger partial charge in [-0.2, -0.15) is 52.7 Å². The van der Waals surface area contributed by atoms with Gasteiger partial charge in [0.25, 0.3) is 0 Å². The molecule has 14 heteroatoms. The van der Waals surface area contributed by atoms with Gasteiger partial charge in [0.2, 0.25) is 0 Å². The summed E-state index contributed by atoms with van der Waals surface area (Å²) < 4.78 is 177. The van der Waals surface area contributed by atoms with Gasteiger partial charge in [0.15, 0.2) is 0 Å². The van der Waals surface area contributed by atoms with Gasteiger partial charge in [0.1, 0.15) is 0 Å². The van der Waals surface area contributed by atoms with Crippen LogP contribution in [0.15, 0.2) is 97.1 Å². The summed E-state index contributed by atoms with van der Waals surface area (Å²) in [6, 6.07) is 17.6. The minimum atomic E-state index is -7.68. The predicted octanol–water partition coefficient (Wildman–Crippen LogP) is 13.6. The van der Waals surface area contributed by atoms with Gasteiger partial charge in [0.05, 0.1) is 0 Å². The molecule has 0 aliphatic rings. The highest BCUT2D eigenvalue weighted by Gasteiger charge is 2.90. The maximum atomic E-state index is 15.1. The molecule has 0 spiro atoms. The van der Waals surface area contributed by atoms with E-state index in [-0.39, 0.29) is 34.9 Å². The van der Waals surface area contributed by atoms with Crippen LogP contribution in [0, 0.1) is 13.8 Å². The van der Waals surface area contributed by atoms with Crippen LogP contribution in [0.1, 0.15) is 36.1 Å². The van der Waals surface area contributed by atoms with Crippen LogP contribution in [0.25, 0.3) is 22.3 Å².